The van der Waals surface area contributed by atoms with E-state index < -0.39 is 17.9 Å². The molecule has 0 radical (unpaired) electrons. The van der Waals surface area contributed by atoms with Crippen LogP contribution in [-0.4, -0.2) is 33.2 Å². The van der Waals surface area contributed by atoms with E-state index in [0.717, 1.165) is 44.1 Å². The van der Waals surface area contributed by atoms with Crippen molar-refractivity contribution in [3.05, 3.63) is 70.3 Å². The lowest BCUT2D eigenvalue weighted by molar-refractivity contribution is -0.139. The number of hydrogen-bond acceptors (Lipinski definition) is 4. The number of carboxylic acids is 1. The van der Waals surface area contributed by atoms with Gasteiger partial charge in [0.25, 0.3) is 5.91 Å². The first kappa shape index (κ1) is 25.3. The number of phenolic OH excluding ortho intramolecular Hbond substituents is 2. The fourth-order valence-electron chi connectivity index (χ4n) is 4.72. The molecule has 1 amide bonds. The molecule has 0 fully saturated rings. The first-order valence-electron chi connectivity index (χ1n) is 12.1. The lowest BCUT2D eigenvalue weighted by atomic mass is 9.83. The molecule has 6 heteroatoms. The summed E-state index contributed by atoms with van der Waals surface area (Å²) in [7, 11) is 0. The Bertz CT molecular complexity index is 1040. The van der Waals surface area contributed by atoms with Gasteiger partial charge >= 0.3 is 5.97 Å². The molecule has 2 aromatic carbocycles. The molecule has 0 aromatic heterocycles. The topological polar surface area (TPSA) is 107 Å². The average Bonchev–Trinajstić information content (AvgIpc) is 2.79. The quantitative estimate of drug-likeness (QED) is 0.275. The van der Waals surface area contributed by atoms with Crippen LogP contribution in [0.4, 0.5) is 0 Å². The lowest BCUT2D eigenvalue weighted by Gasteiger charge is -2.24. The molecule has 2 aromatic rings. The Balaban J connectivity index is 1.98. The third-order valence-electron chi connectivity index (χ3n) is 6.51. The highest BCUT2D eigenvalue weighted by Crippen LogP contribution is 2.44. The Morgan fingerprint density at radius 2 is 1.88 bits per heavy atom. The summed E-state index contributed by atoms with van der Waals surface area (Å²) in [5.41, 5.74) is 2.92. The van der Waals surface area contributed by atoms with Crippen LogP contribution in [0.5, 0.6) is 11.5 Å². The minimum absolute atomic E-state index is 0.0180. The number of carbonyl (C=O) groups is 2. The summed E-state index contributed by atoms with van der Waals surface area (Å²) < 4.78 is 0. The van der Waals surface area contributed by atoms with Crippen LogP contribution in [0.1, 0.15) is 85.3 Å². The van der Waals surface area contributed by atoms with Crippen molar-refractivity contribution in [1.82, 2.24) is 5.32 Å². The molecule has 2 atom stereocenters. The van der Waals surface area contributed by atoms with E-state index in [9.17, 15) is 24.9 Å². The predicted octanol–water partition coefficient (Wildman–Crippen LogP) is 5.47. The van der Waals surface area contributed by atoms with E-state index in [2.05, 4.69) is 12.2 Å². The van der Waals surface area contributed by atoms with E-state index in [1.807, 2.05) is 43.3 Å². The summed E-state index contributed by atoms with van der Waals surface area (Å²) >= 11 is 0. The highest BCUT2D eigenvalue weighted by atomic mass is 16.4. The number of hydrogen-bond donors (Lipinski definition) is 4. The van der Waals surface area contributed by atoms with Gasteiger partial charge in [-0.1, -0.05) is 61.7 Å². The van der Waals surface area contributed by atoms with Crippen molar-refractivity contribution >= 4 is 11.9 Å². The Hall–Kier alpha value is -3.28. The monoisotopic (exact) mass is 465 g/mol. The van der Waals surface area contributed by atoms with E-state index >= 15 is 0 Å². The first-order valence-corrected chi connectivity index (χ1v) is 12.1. The zero-order valence-corrected chi connectivity index (χ0v) is 20.0. The number of carbonyl (C=O) groups excluding carboxylic acids is 1. The molecule has 0 saturated carbocycles. The second-order valence-corrected chi connectivity index (χ2v) is 9.21. The van der Waals surface area contributed by atoms with Crippen LogP contribution in [0.2, 0.25) is 0 Å². The first-order chi connectivity index (χ1) is 16.3. The van der Waals surface area contributed by atoms with Gasteiger partial charge in [0.05, 0.1) is 5.56 Å². The van der Waals surface area contributed by atoms with Crippen molar-refractivity contribution in [3.8, 4) is 11.5 Å². The molecule has 2 unspecified atom stereocenters. The Kier molecular flexibility index (Phi) is 8.74. The molecular weight excluding hydrogens is 430 g/mol. The fourth-order valence-corrected chi connectivity index (χ4v) is 4.72. The summed E-state index contributed by atoms with van der Waals surface area (Å²) in [6, 6.07) is 9.53. The van der Waals surface area contributed by atoms with Crippen LogP contribution in [-0.2, 0) is 17.6 Å². The third-order valence-corrected chi connectivity index (χ3v) is 6.51. The maximum absolute atomic E-state index is 13.4. The minimum atomic E-state index is -1.15. The molecule has 6 nitrogen and oxygen atoms in total. The van der Waals surface area contributed by atoms with Crippen molar-refractivity contribution in [2.45, 2.75) is 77.2 Å². The number of rotatable bonds is 10. The normalized spacial score (nSPS) is 16.5. The highest BCUT2D eigenvalue weighted by Gasteiger charge is 2.29. The maximum atomic E-state index is 13.4. The number of aryl methyl sites for hydroxylation is 1. The van der Waals surface area contributed by atoms with E-state index in [1.54, 1.807) is 6.07 Å². The number of aliphatic carboxylic acids is 1. The molecule has 0 saturated heterocycles. The number of phenols is 2. The lowest BCUT2D eigenvalue weighted by Crippen LogP contribution is -2.42. The number of allylic oxidation sites excluding steroid dienone is 2. The van der Waals surface area contributed by atoms with Crippen LogP contribution in [0.15, 0.2) is 48.0 Å². The third kappa shape index (κ3) is 6.19. The summed E-state index contributed by atoms with van der Waals surface area (Å²) in [6.45, 7) is 4.10. The van der Waals surface area contributed by atoms with Crippen LogP contribution in [0.3, 0.4) is 0 Å². The summed E-state index contributed by atoms with van der Waals surface area (Å²) in [6.07, 6.45) is 8.07. The van der Waals surface area contributed by atoms with Gasteiger partial charge < -0.3 is 20.6 Å². The van der Waals surface area contributed by atoms with Crippen LogP contribution in [0.25, 0.3) is 0 Å². The number of unbranched alkanes of at least 4 members (excludes halogenated alkanes) is 2. The van der Waals surface area contributed by atoms with E-state index in [0.29, 0.717) is 17.5 Å². The van der Waals surface area contributed by atoms with Crippen molar-refractivity contribution < 1.29 is 24.9 Å². The largest absolute Gasteiger partial charge is 0.507 e. The van der Waals surface area contributed by atoms with Gasteiger partial charge in [0.1, 0.15) is 17.5 Å². The van der Waals surface area contributed by atoms with Crippen molar-refractivity contribution in [2.75, 3.05) is 0 Å². The van der Waals surface area contributed by atoms with Gasteiger partial charge in [-0.25, -0.2) is 4.79 Å². The molecule has 34 heavy (non-hydrogen) atoms. The molecule has 1 aliphatic carbocycles. The number of aromatic hydroxyl groups is 2. The molecule has 182 valence electrons. The van der Waals surface area contributed by atoms with E-state index in [4.69, 9.17) is 0 Å². The van der Waals surface area contributed by atoms with E-state index in [1.165, 1.54) is 5.57 Å². The molecule has 0 bridgehead atoms. The highest BCUT2D eigenvalue weighted by molar-refractivity contribution is 6.01. The van der Waals surface area contributed by atoms with Crippen molar-refractivity contribution in [3.63, 3.8) is 0 Å². The van der Waals surface area contributed by atoms with Gasteiger partial charge in [-0.3, -0.25) is 4.79 Å². The number of benzene rings is 2. The van der Waals surface area contributed by atoms with Crippen LogP contribution < -0.4 is 5.32 Å². The molecule has 0 aliphatic heterocycles. The average molecular weight is 466 g/mol. The summed E-state index contributed by atoms with van der Waals surface area (Å²) in [5, 5.41) is 34.4. The molecule has 4 N–H and O–H groups in total. The molecule has 1 aliphatic rings. The Morgan fingerprint density at radius 3 is 2.53 bits per heavy atom. The standard InChI is InChI=1S/C28H35NO5/c1-3-4-6-13-21-17-23(30)24(20-14-9-10-18(2)15-20)26(31)25(21)27(32)29-22(28(33)34)16-19-11-7-5-8-12-19/h5,7-8,11-12,15,17,20,22,30-31H,3-4,6,9-10,13-14,16H2,1-2H3,(H,29,32)(H,33,34). The van der Waals surface area contributed by atoms with Crippen molar-refractivity contribution in [1.29, 1.82) is 0 Å². The van der Waals surface area contributed by atoms with Gasteiger partial charge in [0, 0.05) is 17.9 Å². The molecule has 0 spiro atoms. The number of nitrogens with one attached hydrogen (secondary N) is 1. The van der Waals surface area contributed by atoms with Gasteiger partial charge in [0.2, 0.25) is 0 Å². The van der Waals surface area contributed by atoms with Crippen molar-refractivity contribution in [2.24, 2.45) is 0 Å². The second-order valence-electron chi connectivity index (χ2n) is 9.21. The van der Waals surface area contributed by atoms with Gasteiger partial charge in [0.15, 0.2) is 0 Å². The number of amides is 1. The van der Waals surface area contributed by atoms with Crippen LogP contribution >= 0.6 is 0 Å². The number of carboxylic acid groups (broad SMARTS) is 1. The second kappa shape index (κ2) is 11.7. The summed E-state index contributed by atoms with van der Waals surface area (Å²) in [5.74, 6) is -2.23. The summed E-state index contributed by atoms with van der Waals surface area (Å²) in [4.78, 5) is 25.3. The molecule has 3 rings (SSSR count). The van der Waals surface area contributed by atoms with Crippen LogP contribution in [0, 0.1) is 0 Å². The fraction of sp³-hybridized carbons (Fsp3) is 0.429. The van der Waals surface area contributed by atoms with Gasteiger partial charge in [-0.2, -0.15) is 0 Å². The minimum Gasteiger partial charge on any atom is -0.507 e. The predicted molar refractivity (Wildman–Crippen MR) is 132 cm³/mol. The smallest absolute Gasteiger partial charge is 0.326 e. The molecule has 0 heterocycles. The van der Waals surface area contributed by atoms with Gasteiger partial charge in [-0.15, -0.1) is 0 Å². The SMILES string of the molecule is CCCCCc1cc(O)c(C2C=C(C)CCC2)c(O)c1C(=O)NC(Cc1ccccc1)C(=O)O. The maximum Gasteiger partial charge on any atom is 0.326 e. The Morgan fingerprint density at radius 1 is 1.15 bits per heavy atom. The zero-order valence-electron chi connectivity index (χ0n) is 20.0. The molecular formula is C28H35NO5. The zero-order chi connectivity index (χ0) is 24.7. The van der Waals surface area contributed by atoms with Gasteiger partial charge in [-0.05, 0) is 56.2 Å². The van der Waals surface area contributed by atoms with E-state index in [-0.39, 0.29) is 29.4 Å². The Labute approximate surface area is 201 Å².